The Labute approximate surface area is 120 Å². The molecule has 0 aliphatic carbocycles. The Kier molecular flexibility index (Phi) is 3.81. The molecule has 3 aromatic rings. The Bertz CT molecular complexity index is 712. The van der Waals surface area contributed by atoms with Crippen molar-refractivity contribution in [1.29, 1.82) is 0 Å². The first-order valence-corrected chi connectivity index (χ1v) is 6.42. The van der Waals surface area contributed by atoms with E-state index in [1.165, 1.54) is 12.4 Å². The van der Waals surface area contributed by atoms with Gasteiger partial charge < -0.3 is 5.32 Å². The van der Waals surface area contributed by atoms with Gasteiger partial charge in [0, 0.05) is 18.6 Å². The second kappa shape index (κ2) is 6.08. The highest BCUT2D eigenvalue weighted by Gasteiger charge is 2.04. The molecule has 0 radical (unpaired) electrons. The van der Waals surface area contributed by atoms with Crippen LogP contribution in [0.5, 0.6) is 0 Å². The fourth-order valence-electron chi connectivity index (χ4n) is 1.88. The molecule has 0 atom stereocenters. The first-order valence-electron chi connectivity index (χ1n) is 6.42. The molecule has 7 heteroatoms. The van der Waals surface area contributed by atoms with Gasteiger partial charge in [0.25, 0.3) is 0 Å². The average molecular weight is 284 g/mol. The molecule has 0 fully saturated rings. The van der Waals surface area contributed by atoms with E-state index in [0.717, 1.165) is 11.3 Å². The molecule has 1 N–H and O–H groups in total. The third-order valence-electron chi connectivity index (χ3n) is 2.89. The molecule has 0 saturated carbocycles. The number of halogens is 1. The molecule has 0 unspecified atom stereocenters. The molecule has 3 rings (SSSR count). The summed E-state index contributed by atoms with van der Waals surface area (Å²) in [6.07, 6.45) is 8.03. The number of pyridine rings is 2. The minimum absolute atomic E-state index is 0.389. The largest absolute Gasteiger partial charge is 0.377 e. The number of hydrogen-bond donors (Lipinski definition) is 1. The van der Waals surface area contributed by atoms with E-state index in [1.54, 1.807) is 23.1 Å². The molecule has 3 aromatic heterocycles. The van der Waals surface area contributed by atoms with Crippen molar-refractivity contribution in [2.75, 3.05) is 5.32 Å². The van der Waals surface area contributed by atoms with Crippen LogP contribution in [0.15, 0.2) is 49.2 Å². The lowest BCUT2D eigenvalue weighted by molar-refractivity contribution is 0.623. The van der Waals surface area contributed by atoms with Gasteiger partial charge in [0.1, 0.15) is 5.69 Å². The van der Waals surface area contributed by atoms with E-state index < -0.39 is 0 Å². The van der Waals surface area contributed by atoms with Crippen LogP contribution >= 0.6 is 0 Å². The Morgan fingerprint density at radius 2 is 2.05 bits per heavy atom. The van der Waals surface area contributed by atoms with Gasteiger partial charge in [-0.15, -0.1) is 5.10 Å². The smallest absolute Gasteiger partial charge is 0.164 e. The van der Waals surface area contributed by atoms with Gasteiger partial charge in [-0.25, -0.2) is 9.07 Å². The SMILES string of the molecule is Fc1cnccc1NCc1cn(Cc2cccnc2)nn1. The fourth-order valence-corrected chi connectivity index (χ4v) is 1.88. The number of aromatic nitrogens is 5. The predicted octanol–water partition coefficient (Wildman–Crippen LogP) is 1.87. The van der Waals surface area contributed by atoms with Gasteiger partial charge in [0.2, 0.25) is 0 Å². The van der Waals surface area contributed by atoms with Crippen LogP contribution in [0.25, 0.3) is 0 Å². The Hall–Kier alpha value is -2.83. The molecule has 0 aliphatic rings. The number of nitrogens with zero attached hydrogens (tertiary/aromatic N) is 5. The first kappa shape index (κ1) is 13.2. The molecule has 0 spiro atoms. The number of hydrogen-bond acceptors (Lipinski definition) is 5. The van der Waals surface area contributed by atoms with E-state index in [1.807, 2.05) is 18.3 Å². The average Bonchev–Trinajstić information content (AvgIpc) is 2.95. The predicted molar refractivity (Wildman–Crippen MR) is 74.9 cm³/mol. The molecule has 0 bridgehead atoms. The second-order valence-electron chi connectivity index (χ2n) is 4.48. The quantitative estimate of drug-likeness (QED) is 0.774. The normalized spacial score (nSPS) is 10.5. The van der Waals surface area contributed by atoms with Gasteiger partial charge in [0.05, 0.1) is 31.2 Å². The zero-order chi connectivity index (χ0) is 14.5. The van der Waals surface area contributed by atoms with Crippen LogP contribution in [0.2, 0.25) is 0 Å². The molecule has 0 aromatic carbocycles. The van der Waals surface area contributed by atoms with Crippen molar-refractivity contribution in [2.24, 2.45) is 0 Å². The maximum Gasteiger partial charge on any atom is 0.164 e. The summed E-state index contributed by atoms with van der Waals surface area (Å²) >= 11 is 0. The maximum absolute atomic E-state index is 13.4. The summed E-state index contributed by atoms with van der Waals surface area (Å²) in [6, 6.07) is 5.43. The number of nitrogens with one attached hydrogen (secondary N) is 1. The standard InChI is InChI=1S/C14H13FN6/c15-13-8-17-5-3-14(13)18-7-12-10-21(20-19-12)9-11-2-1-4-16-6-11/h1-6,8,10H,7,9H2,(H,17,18). The maximum atomic E-state index is 13.4. The van der Waals surface area contributed by atoms with E-state index in [2.05, 4.69) is 25.6 Å². The molecule has 3 heterocycles. The summed E-state index contributed by atoms with van der Waals surface area (Å²) in [6.45, 7) is 0.998. The van der Waals surface area contributed by atoms with E-state index in [4.69, 9.17) is 0 Å². The molecule has 6 nitrogen and oxygen atoms in total. The van der Waals surface area contributed by atoms with Crippen molar-refractivity contribution in [3.8, 4) is 0 Å². The van der Waals surface area contributed by atoms with Crippen LogP contribution < -0.4 is 5.32 Å². The fraction of sp³-hybridized carbons (Fsp3) is 0.143. The highest BCUT2D eigenvalue weighted by atomic mass is 19.1. The lowest BCUT2D eigenvalue weighted by Gasteiger charge is -2.04. The van der Waals surface area contributed by atoms with Crippen LogP contribution in [0.1, 0.15) is 11.3 Å². The molecule has 0 saturated heterocycles. The molecule has 0 aliphatic heterocycles. The highest BCUT2D eigenvalue weighted by Crippen LogP contribution is 2.11. The summed E-state index contributed by atoms with van der Waals surface area (Å²) < 4.78 is 15.1. The van der Waals surface area contributed by atoms with E-state index >= 15 is 0 Å². The topological polar surface area (TPSA) is 68.5 Å². The third-order valence-corrected chi connectivity index (χ3v) is 2.89. The number of anilines is 1. The second-order valence-corrected chi connectivity index (χ2v) is 4.48. The molecular weight excluding hydrogens is 271 g/mol. The Balaban J connectivity index is 1.62. The van der Waals surface area contributed by atoms with Crippen LogP contribution in [0, 0.1) is 5.82 Å². The monoisotopic (exact) mass is 284 g/mol. The summed E-state index contributed by atoms with van der Waals surface area (Å²) in [4.78, 5) is 7.75. The van der Waals surface area contributed by atoms with Crippen molar-refractivity contribution in [3.05, 3.63) is 66.3 Å². The Morgan fingerprint density at radius 3 is 2.86 bits per heavy atom. The third kappa shape index (κ3) is 3.38. The zero-order valence-electron chi connectivity index (χ0n) is 11.1. The van der Waals surface area contributed by atoms with Gasteiger partial charge >= 0.3 is 0 Å². The van der Waals surface area contributed by atoms with Gasteiger partial charge in [-0.2, -0.15) is 0 Å². The molecule has 0 amide bonds. The molecule has 21 heavy (non-hydrogen) atoms. The van der Waals surface area contributed by atoms with Crippen LogP contribution in [0.3, 0.4) is 0 Å². The van der Waals surface area contributed by atoms with Crippen molar-refractivity contribution in [3.63, 3.8) is 0 Å². The minimum atomic E-state index is -0.389. The van der Waals surface area contributed by atoms with Crippen LogP contribution in [-0.2, 0) is 13.1 Å². The first-order chi connectivity index (χ1) is 10.3. The lowest BCUT2D eigenvalue weighted by atomic mass is 10.3. The van der Waals surface area contributed by atoms with Gasteiger partial charge in [0.15, 0.2) is 5.82 Å². The van der Waals surface area contributed by atoms with Gasteiger partial charge in [-0.1, -0.05) is 11.3 Å². The van der Waals surface area contributed by atoms with Crippen LogP contribution in [0.4, 0.5) is 10.1 Å². The van der Waals surface area contributed by atoms with Crippen LogP contribution in [-0.4, -0.2) is 25.0 Å². The van der Waals surface area contributed by atoms with Crippen molar-refractivity contribution in [1.82, 2.24) is 25.0 Å². The molecule has 106 valence electrons. The number of rotatable bonds is 5. The highest BCUT2D eigenvalue weighted by molar-refractivity contribution is 5.42. The molecular formula is C14H13FN6. The van der Waals surface area contributed by atoms with Crippen molar-refractivity contribution in [2.45, 2.75) is 13.1 Å². The van der Waals surface area contributed by atoms with E-state index in [0.29, 0.717) is 18.8 Å². The lowest BCUT2D eigenvalue weighted by Crippen LogP contribution is -2.02. The summed E-state index contributed by atoms with van der Waals surface area (Å²) in [5.74, 6) is -0.389. The zero-order valence-corrected chi connectivity index (χ0v) is 11.1. The Morgan fingerprint density at radius 1 is 1.14 bits per heavy atom. The van der Waals surface area contributed by atoms with Gasteiger partial charge in [-0.05, 0) is 17.7 Å². The summed E-state index contributed by atoms with van der Waals surface area (Å²) in [5.41, 5.74) is 2.17. The van der Waals surface area contributed by atoms with E-state index in [9.17, 15) is 4.39 Å². The van der Waals surface area contributed by atoms with Crippen molar-refractivity contribution >= 4 is 5.69 Å². The summed E-state index contributed by atoms with van der Waals surface area (Å²) in [7, 11) is 0. The minimum Gasteiger partial charge on any atom is -0.377 e. The van der Waals surface area contributed by atoms with Gasteiger partial charge in [-0.3, -0.25) is 9.97 Å². The van der Waals surface area contributed by atoms with E-state index in [-0.39, 0.29) is 5.82 Å². The summed E-state index contributed by atoms with van der Waals surface area (Å²) in [5, 5.41) is 11.1. The van der Waals surface area contributed by atoms with Crippen molar-refractivity contribution < 1.29 is 4.39 Å².